The van der Waals surface area contributed by atoms with Gasteiger partial charge < -0.3 is 11.1 Å². The summed E-state index contributed by atoms with van der Waals surface area (Å²) in [6.07, 6.45) is 0. The minimum absolute atomic E-state index is 0.290. The number of hydrogen-bond donors (Lipinski definition) is 2. The molecule has 19 heavy (non-hydrogen) atoms. The van der Waals surface area contributed by atoms with Crippen molar-refractivity contribution in [3.63, 3.8) is 0 Å². The van der Waals surface area contributed by atoms with Crippen LogP contribution in [0.2, 0.25) is 0 Å². The summed E-state index contributed by atoms with van der Waals surface area (Å²) in [5.41, 5.74) is 6.03. The lowest BCUT2D eigenvalue weighted by molar-refractivity contribution is -0.119. The topological polar surface area (TPSA) is 55.1 Å². The van der Waals surface area contributed by atoms with Crippen LogP contribution >= 0.6 is 11.8 Å². The number of hydrogen-bond acceptors (Lipinski definition) is 3. The highest BCUT2D eigenvalue weighted by Crippen LogP contribution is 2.26. The van der Waals surface area contributed by atoms with Crippen LogP contribution in [0, 0.1) is 5.41 Å². The van der Waals surface area contributed by atoms with Crippen LogP contribution in [0.1, 0.15) is 20.8 Å². The second-order valence-electron chi connectivity index (χ2n) is 5.24. The first-order valence-electron chi connectivity index (χ1n) is 5.81. The van der Waals surface area contributed by atoms with E-state index in [2.05, 4.69) is 5.32 Å². The molecular formula is C13H18F2N2OS. The Bertz CT molecular complexity index is 429. The highest BCUT2D eigenvalue weighted by molar-refractivity contribution is 7.99. The van der Waals surface area contributed by atoms with Crippen LogP contribution in [0.15, 0.2) is 29.2 Å². The van der Waals surface area contributed by atoms with Gasteiger partial charge in [0.1, 0.15) is 0 Å². The van der Waals surface area contributed by atoms with E-state index in [0.29, 0.717) is 22.3 Å². The van der Waals surface area contributed by atoms with E-state index in [1.54, 1.807) is 12.1 Å². The van der Waals surface area contributed by atoms with Crippen LogP contribution in [0.25, 0.3) is 0 Å². The molecule has 0 aliphatic heterocycles. The van der Waals surface area contributed by atoms with Gasteiger partial charge in [-0.3, -0.25) is 4.79 Å². The van der Waals surface area contributed by atoms with E-state index in [-0.39, 0.29) is 11.3 Å². The molecule has 1 rings (SSSR count). The molecule has 0 spiro atoms. The average Bonchev–Trinajstić information content (AvgIpc) is 2.28. The van der Waals surface area contributed by atoms with Crippen molar-refractivity contribution in [2.45, 2.75) is 37.5 Å². The summed E-state index contributed by atoms with van der Waals surface area (Å²) in [5, 5.41) is 2.67. The van der Waals surface area contributed by atoms with E-state index in [4.69, 9.17) is 5.73 Å². The Morgan fingerprint density at radius 1 is 1.26 bits per heavy atom. The fraction of sp³-hybridized carbons (Fsp3) is 0.462. The minimum Gasteiger partial charge on any atom is -0.325 e. The molecule has 1 aromatic carbocycles. The van der Waals surface area contributed by atoms with E-state index in [0.717, 1.165) is 0 Å². The predicted molar refractivity (Wildman–Crippen MR) is 74.4 cm³/mol. The van der Waals surface area contributed by atoms with Crippen LogP contribution in [-0.2, 0) is 4.79 Å². The van der Waals surface area contributed by atoms with Gasteiger partial charge in [0.2, 0.25) is 5.91 Å². The first-order chi connectivity index (χ1) is 8.70. The number of carbonyl (C=O) groups is 1. The Labute approximate surface area is 115 Å². The number of alkyl halides is 2. The monoisotopic (exact) mass is 288 g/mol. The molecule has 0 aliphatic carbocycles. The highest BCUT2D eigenvalue weighted by Gasteiger charge is 2.27. The van der Waals surface area contributed by atoms with Crippen molar-refractivity contribution in [3.05, 3.63) is 24.3 Å². The van der Waals surface area contributed by atoms with E-state index >= 15 is 0 Å². The van der Waals surface area contributed by atoms with Gasteiger partial charge in [0, 0.05) is 10.6 Å². The number of amides is 1. The quantitative estimate of drug-likeness (QED) is 0.836. The molecule has 0 saturated heterocycles. The summed E-state index contributed by atoms with van der Waals surface area (Å²) < 4.78 is 24.3. The molecule has 106 valence electrons. The Morgan fingerprint density at radius 3 is 2.21 bits per heavy atom. The van der Waals surface area contributed by atoms with Gasteiger partial charge >= 0.3 is 0 Å². The third-order valence-electron chi connectivity index (χ3n) is 2.56. The van der Waals surface area contributed by atoms with Crippen LogP contribution in [0.4, 0.5) is 14.5 Å². The van der Waals surface area contributed by atoms with Crippen LogP contribution in [0.5, 0.6) is 0 Å². The molecule has 0 radical (unpaired) electrons. The Kier molecular flexibility index (Phi) is 5.31. The maximum absolute atomic E-state index is 12.1. The lowest BCUT2D eigenvalue weighted by Crippen LogP contribution is -2.45. The zero-order chi connectivity index (χ0) is 14.6. The molecule has 6 heteroatoms. The lowest BCUT2D eigenvalue weighted by atomic mass is 9.87. The average molecular weight is 288 g/mol. The standard InChI is InChI=1S/C13H18F2N2OS/c1-13(2,3)10(16)11(18)17-8-4-6-9(7-5-8)19-12(14)15/h4-7,10,12H,16H2,1-3H3,(H,17,18). The third kappa shape index (κ3) is 5.16. The molecule has 1 aromatic rings. The molecular weight excluding hydrogens is 270 g/mol. The molecule has 1 atom stereocenters. The molecule has 0 heterocycles. The van der Waals surface area contributed by atoms with Gasteiger partial charge in [-0.2, -0.15) is 8.78 Å². The molecule has 0 fully saturated rings. The van der Waals surface area contributed by atoms with Crippen LogP contribution in [0.3, 0.4) is 0 Å². The Balaban J connectivity index is 2.65. The first kappa shape index (κ1) is 15.9. The van der Waals surface area contributed by atoms with Gasteiger partial charge in [-0.1, -0.05) is 32.5 Å². The SMILES string of the molecule is CC(C)(C)C(N)C(=O)Nc1ccc(SC(F)F)cc1. The van der Waals surface area contributed by atoms with Crippen molar-refractivity contribution in [2.24, 2.45) is 11.1 Å². The van der Waals surface area contributed by atoms with E-state index in [9.17, 15) is 13.6 Å². The lowest BCUT2D eigenvalue weighted by Gasteiger charge is -2.25. The number of nitrogens with one attached hydrogen (secondary N) is 1. The van der Waals surface area contributed by atoms with Crippen molar-refractivity contribution < 1.29 is 13.6 Å². The van der Waals surface area contributed by atoms with Crippen molar-refractivity contribution >= 4 is 23.4 Å². The number of benzene rings is 1. The molecule has 0 bridgehead atoms. The predicted octanol–water partition coefficient (Wildman–Crippen LogP) is 3.31. The van der Waals surface area contributed by atoms with Gasteiger partial charge in [0.05, 0.1) is 6.04 Å². The van der Waals surface area contributed by atoms with Crippen LogP contribution in [-0.4, -0.2) is 17.7 Å². The van der Waals surface area contributed by atoms with Crippen molar-refractivity contribution in [2.75, 3.05) is 5.32 Å². The Hall–Kier alpha value is -1.14. The van der Waals surface area contributed by atoms with Crippen molar-refractivity contribution in [3.8, 4) is 0 Å². The van der Waals surface area contributed by atoms with Gasteiger partial charge in [0.15, 0.2) is 0 Å². The van der Waals surface area contributed by atoms with E-state index in [1.165, 1.54) is 12.1 Å². The summed E-state index contributed by atoms with van der Waals surface area (Å²) >= 11 is 0.466. The molecule has 0 saturated carbocycles. The number of anilines is 1. The Morgan fingerprint density at radius 2 is 1.79 bits per heavy atom. The summed E-state index contributed by atoms with van der Waals surface area (Å²) in [4.78, 5) is 12.3. The minimum atomic E-state index is -2.45. The van der Waals surface area contributed by atoms with E-state index < -0.39 is 11.8 Å². The number of rotatable bonds is 4. The van der Waals surface area contributed by atoms with Crippen molar-refractivity contribution in [1.29, 1.82) is 0 Å². The van der Waals surface area contributed by atoms with Crippen LogP contribution < -0.4 is 11.1 Å². The number of halogens is 2. The summed E-state index contributed by atoms with van der Waals surface area (Å²) in [6.45, 7) is 5.62. The second-order valence-corrected chi connectivity index (χ2v) is 6.30. The van der Waals surface area contributed by atoms with E-state index in [1.807, 2.05) is 20.8 Å². The normalized spacial score (nSPS) is 13.4. The molecule has 3 N–H and O–H groups in total. The number of carbonyl (C=O) groups excluding carboxylic acids is 1. The maximum Gasteiger partial charge on any atom is 0.288 e. The molecule has 0 aromatic heterocycles. The summed E-state index contributed by atoms with van der Waals surface area (Å²) in [5.74, 6) is -2.74. The van der Waals surface area contributed by atoms with Gasteiger partial charge in [-0.25, -0.2) is 0 Å². The summed E-state index contributed by atoms with van der Waals surface area (Å²) in [6, 6.07) is 5.60. The van der Waals surface area contributed by atoms with Gasteiger partial charge in [-0.05, 0) is 29.7 Å². The van der Waals surface area contributed by atoms with Gasteiger partial charge in [-0.15, -0.1) is 0 Å². The smallest absolute Gasteiger partial charge is 0.288 e. The fourth-order valence-electron chi connectivity index (χ4n) is 1.33. The highest BCUT2D eigenvalue weighted by atomic mass is 32.2. The zero-order valence-electron chi connectivity index (χ0n) is 11.1. The second kappa shape index (κ2) is 6.34. The molecule has 1 amide bonds. The fourth-order valence-corrected chi connectivity index (χ4v) is 1.83. The maximum atomic E-state index is 12.1. The third-order valence-corrected chi connectivity index (χ3v) is 3.29. The molecule has 1 unspecified atom stereocenters. The number of thioether (sulfide) groups is 1. The number of nitrogens with two attached hydrogens (primary N) is 1. The summed E-state index contributed by atoms with van der Waals surface area (Å²) in [7, 11) is 0. The molecule has 3 nitrogen and oxygen atoms in total. The zero-order valence-corrected chi connectivity index (χ0v) is 11.9. The van der Waals surface area contributed by atoms with Crippen molar-refractivity contribution in [1.82, 2.24) is 0 Å². The molecule has 0 aliphatic rings. The first-order valence-corrected chi connectivity index (χ1v) is 6.69. The van der Waals surface area contributed by atoms with Gasteiger partial charge in [0.25, 0.3) is 5.76 Å². The largest absolute Gasteiger partial charge is 0.325 e.